The van der Waals surface area contributed by atoms with Crippen LogP contribution < -0.4 is 5.32 Å². The maximum atomic E-state index is 11.2. The summed E-state index contributed by atoms with van der Waals surface area (Å²) in [7, 11) is 0. The largest absolute Gasteiger partial charge is 0.480 e. The van der Waals surface area contributed by atoms with Gasteiger partial charge in [-0.15, -0.1) is 10.2 Å². The first-order valence-corrected chi connectivity index (χ1v) is 7.82. The van der Waals surface area contributed by atoms with Crippen molar-refractivity contribution in [3.63, 3.8) is 0 Å². The zero-order valence-electron chi connectivity index (χ0n) is 10.7. The molecule has 1 heterocycles. The average Bonchev–Trinajstić information content (AvgIpc) is 2.81. The predicted octanol–water partition coefficient (Wildman–Crippen LogP) is 2.25. The van der Waals surface area contributed by atoms with Crippen molar-refractivity contribution >= 4 is 29.1 Å². The van der Waals surface area contributed by atoms with Gasteiger partial charge in [-0.2, -0.15) is 0 Å². The number of hydrogen-bond acceptors (Lipinski definition) is 6. The molecule has 1 atom stereocenters. The van der Waals surface area contributed by atoms with Crippen molar-refractivity contribution in [1.29, 1.82) is 0 Å². The Labute approximate surface area is 115 Å². The number of carbonyl (C=O) groups is 1. The van der Waals surface area contributed by atoms with Crippen molar-refractivity contribution in [2.24, 2.45) is 0 Å². The summed E-state index contributed by atoms with van der Waals surface area (Å²) in [5, 5.41) is 19.9. The Balaban J connectivity index is 2.21. The van der Waals surface area contributed by atoms with Crippen LogP contribution >= 0.6 is 23.1 Å². The van der Waals surface area contributed by atoms with E-state index >= 15 is 0 Å². The maximum Gasteiger partial charge on any atom is 0.323 e. The predicted molar refractivity (Wildman–Crippen MR) is 74.2 cm³/mol. The highest BCUT2D eigenvalue weighted by Gasteiger charge is 2.30. The Morgan fingerprint density at radius 3 is 2.94 bits per heavy atom. The summed E-state index contributed by atoms with van der Waals surface area (Å²) < 4.78 is 0.975. The third-order valence-corrected chi connectivity index (χ3v) is 4.62. The van der Waals surface area contributed by atoms with Gasteiger partial charge in [-0.1, -0.05) is 36.4 Å². The van der Waals surface area contributed by atoms with Gasteiger partial charge in [0, 0.05) is 5.75 Å². The summed E-state index contributed by atoms with van der Waals surface area (Å²) in [4.78, 5) is 11.2. The quantitative estimate of drug-likeness (QED) is 0.536. The van der Waals surface area contributed by atoms with Crippen LogP contribution in [0.3, 0.4) is 0 Å². The molecule has 0 saturated carbocycles. The molecule has 18 heavy (non-hydrogen) atoms. The molecule has 0 fully saturated rings. The Morgan fingerprint density at radius 2 is 2.39 bits per heavy atom. The monoisotopic (exact) mass is 289 g/mol. The molecule has 1 unspecified atom stereocenters. The first-order valence-electron chi connectivity index (χ1n) is 5.96. The molecule has 0 aliphatic heterocycles. The van der Waals surface area contributed by atoms with Crippen molar-refractivity contribution in [3.8, 4) is 0 Å². The van der Waals surface area contributed by atoms with E-state index in [1.54, 1.807) is 24.2 Å². The van der Waals surface area contributed by atoms with Gasteiger partial charge >= 0.3 is 5.97 Å². The van der Waals surface area contributed by atoms with Gasteiger partial charge in [-0.3, -0.25) is 4.79 Å². The molecule has 0 aliphatic carbocycles. The summed E-state index contributed by atoms with van der Waals surface area (Å²) in [6, 6.07) is 0. The molecule has 1 aromatic rings. The van der Waals surface area contributed by atoms with E-state index in [9.17, 15) is 9.90 Å². The highest BCUT2D eigenvalue weighted by Crippen LogP contribution is 2.22. The number of hydrogen-bond donors (Lipinski definition) is 2. The SMILES string of the molecule is CCNC(C)(CCCCSc1nncs1)C(=O)O. The van der Waals surface area contributed by atoms with Gasteiger partial charge in [0.1, 0.15) is 11.0 Å². The normalized spacial score (nSPS) is 14.3. The molecule has 102 valence electrons. The van der Waals surface area contributed by atoms with Crippen LogP contribution in [0.15, 0.2) is 9.85 Å². The Kier molecular flexibility index (Phi) is 6.59. The fraction of sp³-hybridized carbons (Fsp3) is 0.727. The van der Waals surface area contributed by atoms with Gasteiger partial charge in [-0.05, 0) is 26.3 Å². The van der Waals surface area contributed by atoms with Crippen molar-refractivity contribution in [1.82, 2.24) is 15.5 Å². The number of nitrogens with zero attached hydrogens (tertiary/aromatic N) is 2. The zero-order chi connectivity index (χ0) is 13.4. The second kappa shape index (κ2) is 7.70. The third-order valence-electron chi connectivity index (χ3n) is 2.68. The highest BCUT2D eigenvalue weighted by molar-refractivity contribution is 8.00. The molecule has 7 heteroatoms. The van der Waals surface area contributed by atoms with Gasteiger partial charge in [-0.25, -0.2) is 0 Å². The number of rotatable bonds is 9. The maximum absolute atomic E-state index is 11.2. The van der Waals surface area contributed by atoms with Crippen LogP contribution in [-0.2, 0) is 4.79 Å². The molecule has 0 amide bonds. The molecule has 0 bridgehead atoms. The van der Waals surface area contributed by atoms with Crippen molar-refractivity contribution < 1.29 is 9.90 Å². The van der Waals surface area contributed by atoms with Gasteiger partial charge in [0.05, 0.1) is 0 Å². The van der Waals surface area contributed by atoms with E-state index in [4.69, 9.17) is 0 Å². The van der Waals surface area contributed by atoms with E-state index in [-0.39, 0.29) is 0 Å². The van der Waals surface area contributed by atoms with Crippen molar-refractivity contribution in [2.75, 3.05) is 12.3 Å². The Hall–Kier alpha value is -0.660. The summed E-state index contributed by atoms with van der Waals surface area (Å²) in [6.07, 6.45) is 2.52. The van der Waals surface area contributed by atoms with Gasteiger partial charge in [0.15, 0.2) is 4.34 Å². The second-order valence-corrected chi connectivity index (χ2v) is 6.35. The first-order chi connectivity index (χ1) is 8.58. The molecule has 0 radical (unpaired) electrons. The van der Waals surface area contributed by atoms with E-state index in [0.717, 1.165) is 22.9 Å². The van der Waals surface area contributed by atoms with Crippen LogP contribution in [0.2, 0.25) is 0 Å². The smallest absolute Gasteiger partial charge is 0.323 e. The molecular weight excluding hydrogens is 270 g/mol. The Bertz CT molecular complexity index is 359. The molecule has 0 saturated heterocycles. The van der Waals surface area contributed by atoms with E-state index < -0.39 is 11.5 Å². The number of carboxylic acids is 1. The molecule has 5 nitrogen and oxygen atoms in total. The lowest BCUT2D eigenvalue weighted by atomic mass is 9.95. The standard InChI is InChI=1S/C11H19N3O2S2/c1-3-12-11(2,9(15)16)6-4-5-7-17-10-14-13-8-18-10/h8,12H,3-7H2,1-2H3,(H,15,16). The van der Waals surface area contributed by atoms with E-state index in [0.29, 0.717) is 13.0 Å². The van der Waals surface area contributed by atoms with Crippen LogP contribution in [-0.4, -0.2) is 39.1 Å². The van der Waals surface area contributed by atoms with Crippen molar-refractivity contribution in [3.05, 3.63) is 5.51 Å². The topological polar surface area (TPSA) is 75.1 Å². The molecule has 0 aliphatic rings. The second-order valence-electron chi connectivity index (χ2n) is 4.18. The van der Waals surface area contributed by atoms with Crippen LogP contribution in [0.25, 0.3) is 0 Å². The van der Waals surface area contributed by atoms with Crippen LogP contribution in [0.4, 0.5) is 0 Å². The number of aliphatic carboxylic acids is 1. The molecule has 0 spiro atoms. The summed E-state index contributed by atoms with van der Waals surface area (Å²) in [5.74, 6) is 0.179. The highest BCUT2D eigenvalue weighted by atomic mass is 32.2. The summed E-state index contributed by atoms with van der Waals surface area (Å²) >= 11 is 3.21. The van der Waals surface area contributed by atoms with Gasteiger partial charge < -0.3 is 10.4 Å². The number of likely N-dealkylation sites (N-methyl/N-ethyl adjacent to an activating group) is 1. The molecule has 1 aromatic heterocycles. The number of carboxylic acid groups (broad SMARTS) is 1. The third kappa shape index (κ3) is 4.91. The zero-order valence-corrected chi connectivity index (χ0v) is 12.3. The number of thioether (sulfide) groups is 1. The lowest BCUT2D eigenvalue weighted by Gasteiger charge is -2.25. The minimum Gasteiger partial charge on any atom is -0.480 e. The minimum absolute atomic E-state index is 0.646. The van der Waals surface area contributed by atoms with Gasteiger partial charge in [0.25, 0.3) is 0 Å². The molecular formula is C11H19N3O2S2. The number of unbranched alkanes of at least 4 members (excludes halogenated alkanes) is 1. The minimum atomic E-state index is -0.803. The summed E-state index contributed by atoms with van der Waals surface area (Å²) in [6.45, 7) is 4.34. The van der Waals surface area contributed by atoms with E-state index in [1.807, 2.05) is 6.92 Å². The fourth-order valence-corrected chi connectivity index (χ4v) is 3.18. The lowest BCUT2D eigenvalue weighted by Crippen LogP contribution is -2.49. The fourth-order valence-electron chi connectivity index (χ4n) is 1.63. The van der Waals surface area contributed by atoms with E-state index in [1.165, 1.54) is 11.3 Å². The number of nitrogens with one attached hydrogen (secondary N) is 1. The Morgan fingerprint density at radius 1 is 1.61 bits per heavy atom. The van der Waals surface area contributed by atoms with E-state index in [2.05, 4.69) is 15.5 Å². The van der Waals surface area contributed by atoms with Crippen LogP contribution in [0.5, 0.6) is 0 Å². The van der Waals surface area contributed by atoms with Crippen LogP contribution in [0.1, 0.15) is 33.1 Å². The lowest BCUT2D eigenvalue weighted by molar-refractivity contribution is -0.144. The van der Waals surface area contributed by atoms with Crippen molar-refractivity contribution in [2.45, 2.75) is 43.0 Å². The average molecular weight is 289 g/mol. The van der Waals surface area contributed by atoms with Crippen LogP contribution in [0, 0.1) is 0 Å². The first kappa shape index (κ1) is 15.4. The number of aromatic nitrogens is 2. The molecule has 2 N–H and O–H groups in total. The summed E-state index contributed by atoms with van der Waals surface area (Å²) in [5.41, 5.74) is 0.914. The van der Waals surface area contributed by atoms with Gasteiger partial charge in [0.2, 0.25) is 0 Å². The molecule has 0 aromatic carbocycles. The molecule has 1 rings (SSSR count).